The molecule has 1 heterocycles. The van der Waals surface area contributed by atoms with Crippen molar-refractivity contribution in [2.45, 2.75) is 33.8 Å². The number of carbonyl (C=O) groups is 1. The van der Waals surface area contributed by atoms with Crippen molar-refractivity contribution in [3.8, 4) is 5.75 Å². The number of fused-ring (bicyclic) bond motifs is 1. The molecule has 0 radical (unpaired) electrons. The molecule has 1 aliphatic heterocycles. The van der Waals surface area contributed by atoms with E-state index in [1.165, 1.54) is 17.3 Å². The van der Waals surface area contributed by atoms with Crippen molar-refractivity contribution in [1.29, 1.82) is 0 Å². The fraction of sp³-hybridized carbons (Fsp3) is 0.161. The summed E-state index contributed by atoms with van der Waals surface area (Å²) in [6.07, 6.45) is 1.96. The third-order valence-corrected chi connectivity index (χ3v) is 6.89. The number of amidine groups is 1. The van der Waals surface area contributed by atoms with Crippen molar-refractivity contribution in [1.82, 2.24) is 0 Å². The van der Waals surface area contributed by atoms with Gasteiger partial charge < -0.3 is 4.74 Å². The molecule has 0 aromatic heterocycles. The van der Waals surface area contributed by atoms with Crippen LogP contribution in [0, 0.1) is 13.8 Å². The van der Waals surface area contributed by atoms with Crippen molar-refractivity contribution in [2.75, 3.05) is 4.90 Å². The average molecular weight is 493 g/mol. The number of rotatable bonds is 5. The molecule has 0 N–H and O–H groups in total. The molecule has 0 atom stereocenters. The fourth-order valence-corrected chi connectivity index (χ4v) is 5.10. The lowest BCUT2D eigenvalue weighted by Gasteiger charge is -2.16. The first-order valence-corrected chi connectivity index (χ1v) is 12.8. The minimum absolute atomic E-state index is 0.0120. The van der Waals surface area contributed by atoms with Gasteiger partial charge >= 0.3 is 0 Å². The van der Waals surface area contributed by atoms with Crippen molar-refractivity contribution < 1.29 is 9.53 Å². The Hall–Kier alpha value is -3.83. The summed E-state index contributed by atoms with van der Waals surface area (Å²) >= 11 is 1.39. The maximum absolute atomic E-state index is 13.8. The number of amides is 1. The molecule has 0 spiro atoms. The lowest BCUT2D eigenvalue weighted by molar-refractivity contribution is -0.113. The van der Waals surface area contributed by atoms with E-state index in [9.17, 15) is 4.79 Å². The van der Waals surface area contributed by atoms with Crippen molar-refractivity contribution >= 4 is 51.1 Å². The van der Waals surface area contributed by atoms with Gasteiger partial charge in [-0.1, -0.05) is 65.7 Å². The highest BCUT2D eigenvalue weighted by Gasteiger charge is 2.35. The first-order valence-electron chi connectivity index (χ1n) is 12.0. The molecular formula is C31H28N2O2S. The van der Waals surface area contributed by atoms with E-state index in [-0.39, 0.29) is 12.0 Å². The highest BCUT2D eigenvalue weighted by molar-refractivity contribution is 8.19. The van der Waals surface area contributed by atoms with Crippen LogP contribution in [-0.2, 0) is 4.79 Å². The van der Waals surface area contributed by atoms with Gasteiger partial charge in [0, 0.05) is 5.56 Å². The van der Waals surface area contributed by atoms with Crippen LogP contribution < -0.4 is 9.64 Å². The Morgan fingerprint density at radius 2 is 1.53 bits per heavy atom. The van der Waals surface area contributed by atoms with E-state index in [0.717, 1.165) is 39.0 Å². The lowest BCUT2D eigenvalue weighted by atomic mass is 10.0. The summed E-state index contributed by atoms with van der Waals surface area (Å²) in [6.45, 7) is 8.10. The largest absolute Gasteiger partial charge is 0.490 e. The van der Waals surface area contributed by atoms with Gasteiger partial charge in [0.15, 0.2) is 5.17 Å². The van der Waals surface area contributed by atoms with Gasteiger partial charge in [0.1, 0.15) is 5.75 Å². The van der Waals surface area contributed by atoms with Crippen LogP contribution in [0.25, 0.3) is 16.8 Å². The van der Waals surface area contributed by atoms with E-state index < -0.39 is 0 Å². The molecule has 1 fully saturated rings. The van der Waals surface area contributed by atoms with Gasteiger partial charge in [-0.3, -0.25) is 9.69 Å². The normalized spacial score (nSPS) is 16.0. The standard InChI is InChI=1S/C31H28N2O2S/c1-20(2)35-28-18-13-23-7-5-6-8-26(23)27(28)19-29-30(34)33(25-16-11-22(4)12-17-25)31(36-29)32-24-14-9-21(3)10-15-24/h5-20H,1-4H3/b29-19-,32-31?. The predicted molar refractivity (Wildman–Crippen MR) is 152 cm³/mol. The number of aliphatic imine (C=N–C) groups is 1. The molecule has 4 aromatic rings. The molecule has 5 heteroatoms. The number of anilines is 1. The Bertz CT molecular complexity index is 1490. The van der Waals surface area contributed by atoms with Crippen LogP contribution in [0.5, 0.6) is 5.75 Å². The predicted octanol–water partition coefficient (Wildman–Crippen LogP) is 8.05. The number of hydrogen-bond acceptors (Lipinski definition) is 4. The minimum atomic E-state index is -0.0989. The molecule has 4 aromatic carbocycles. The number of nitrogens with zero attached hydrogens (tertiary/aromatic N) is 2. The molecule has 0 saturated carbocycles. The van der Waals surface area contributed by atoms with E-state index in [1.807, 2.05) is 101 Å². The van der Waals surface area contributed by atoms with Gasteiger partial charge in [0.25, 0.3) is 5.91 Å². The smallest absolute Gasteiger partial charge is 0.271 e. The van der Waals surface area contributed by atoms with E-state index in [4.69, 9.17) is 9.73 Å². The zero-order valence-corrected chi connectivity index (χ0v) is 21.7. The summed E-state index contributed by atoms with van der Waals surface area (Å²) in [4.78, 5) is 21.0. The van der Waals surface area contributed by atoms with Crippen LogP contribution in [0.4, 0.5) is 11.4 Å². The second kappa shape index (κ2) is 10.0. The van der Waals surface area contributed by atoms with E-state index >= 15 is 0 Å². The SMILES string of the molecule is Cc1ccc(N=C2S/C(=C\c3c(OC(C)C)ccc4ccccc34)C(=O)N2c2ccc(C)cc2)cc1. The Morgan fingerprint density at radius 3 is 2.22 bits per heavy atom. The van der Waals surface area contributed by atoms with Crippen LogP contribution in [0.3, 0.4) is 0 Å². The number of carbonyl (C=O) groups excluding carboxylic acids is 1. The summed E-state index contributed by atoms with van der Waals surface area (Å²) in [5, 5.41) is 2.77. The maximum Gasteiger partial charge on any atom is 0.271 e. The number of thioether (sulfide) groups is 1. The van der Waals surface area contributed by atoms with Gasteiger partial charge in [0.05, 0.1) is 22.4 Å². The van der Waals surface area contributed by atoms with E-state index in [1.54, 1.807) is 4.90 Å². The molecule has 0 aliphatic carbocycles. The zero-order valence-electron chi connectivity index (χ0n) is 20.9. The third kappa shape index (κ3) is 4.93. The second-order valence-electron chi connectivity index (χ2n) is 9.18. The van der Waals surface area contributed by atoms with Crippen LogP contribution in [0.1, 0.15) is 30.5 Å². The summed E-state index contributed by atoms with van der Waals surface area (Å²) in [6, 6.07) is 28.2. The summed E-state index contributed by atoms with van der Waals surface area (Å²) in [7, 11) is 0. The molecule has 5 rings (SSSR count). The molecule has 180 valence electrons. The summed E-state index contributed by atoms with van der Waals surface area (Å²) < 4.78 is 6.15. The maximum atomic E-state index is 13.8. The Morgan fingerprint density at radius 1 is 0.861 bits per heavy atom. The first-order chi connectivity index (χ1) is 17.4. The van der Waals surface area contributed by atoms with Crippen LogP contribution in [0.2, 0.25) is 0 Å². The van der Waals surface area contributed by atoms with Gasteiger partial charge in [-0.2, -0.15) is 0 Å². The molecule has 4 nitrogen and oxygen atoms in total. The van der Waals surface area contributed by atoms with Crippen LogP contribution in [0.15, 0.2) is 94.8 Å². The lowest BCUT2D eigenvalue weighted by Crippen LogP contribution is -2.28. The van der Waals surface area contributed by atoms with Crippen molar-refractivity contribution in [3.05, 3.63) is 107 Å². The van der Waals surface area contributed by atoms with E-state index in [2.05, 4.69) is 18.2 Å². The molecule has 1 amide bonds. The fourth-order valence-electron chi connectivity index (χ4n) is 4.11. The van der Waals surface area contributed by atoms with Crippen LogP contribution in [-0.4, -0.2) is 17.2 Å². The number of benzene rings is 4. The molecule has 0 bridgehead atoms. The average Bonchev–Trinajstić information content (AvgIpc) is 3.16. The Balaban J connectivity index is 1.64. The molecule has 36 heavy (non-hydrogen) atoms. The zero-order chi connectivity index (χ0) is 25.2. The molecule has 1 aliphatic rings. The van der Waals surface area contributed by atoms with Crippen molar-refractivity contribution in [2.24, 2.45) is 4.99 Å². The Labute approximate surface area is 216 Å². The highest BCUT2D eigenvalue weighted by atomic mass is 32.2. The highest BCUT2D eigenvalue weighted by Crippen LogP contribution is 2.40. The number of ether oxygens (including phenoxy) is 1. The van der Waals surface area contributed by atoms with Gasteiger partial charge in [0.2, 0.25) is 0 Å². The molecule has 0 unspecified atom stereocenters. The van der Waals surface area contributed by atoms with Gasteiger partial charge in [-0.25, -0.2) is 4.99 Å². The molecule has 1 saturated heterocycles. The summed E-state index contributed by atoms with van der Waals surface area (Å²) in [5.74, 6) is 0.661. The second-order valence-corrected chi connectivity index (χ2v) is 10.2. The Kier molecular flexibility index (Phi) is 6.66. The van der Waals surface area contributed by atoms with Gasteiger partial charge in [-0.05, 0) is 86.6 Å². The van der Waals surface area contributed by atoms with E-state index in [0.29, 0.717) is 10.1 Å². The van der Waals surface area contributed by atoms with Crippen molar-refractivity contribution in [3.63, 3.8) is 0 Å². The first kappa shape index (κ1) is 23.9. The third-order valence-electron chi connectivity index (χ3n) is 5.93. The molecular weight excluding hydrogens is 464 g/mol. The quantitative estimate of drug-likeness (QED) is 0.265. The van der Waals surface area contributed by atoms with Crippen LogP contribution >= 0.6 is 11.8 Å². The van der Waals surface area contributed by atoms with Gasteiger partial charge in [-0.15, -0.1) is 0 Å². The number of aryl methyl sites for hydroxylation is 2. The topological polar surface area (TPSA) is 41.9 Å². The monoisotopic (exact) mass is 492 g/mol. The summed E-state index contributed by atoms with van der Waals surface area (Å²) in [5.41, 5.74) is 4.81. The minimum Gasteiger partial charge on any atom is -0.490 e. The number of hydrogen-bond donors (Lipinski definition) is 0.